The van der Waals surface area contributed by atoms with Gasteiger partial charge in [-0.2, -0.15) is 4.91 Å². The zero-order valence-corrected chi connectivity index (χ0v) is 9.72. The van der Waals surface area contributed by atoms with E-state index in [-0.39, 0.29) is 6.61 Å². The molecule has 0 radical (unpaired) electrons. The van der Waals surface area contributed by atoms with E-state index in [2.05, 4.69) is 23.9 Å². The Morgan fingerprint density at radius 3 is 2.80 bits per heavy atom. The van der Waals surface area contributed by atoms with Gasteiger partial charge in [0.05, 0.1) is 6.61 Å². The quantitative estimate of drug-likeness (QED) is 0.681. The molecule has 15 heavy (non-hydrogen) atoms. The molecule has 4 heteroatoms. The Bertz CT molecular complexity index is 199. The summed E-state index contributed by atoms with van der Waals surface area (Å²) in [6, 6.07) is -0.447. The summed E-state index contributed by atoms with van der Waals surface area (Å²) in [6.07, 6.45) is 2.48. The third-order valence-electron chi connectivity index (χ3n) is 3.33. The molecular weight excluding hydrogens is 192 g/mol. The minimum Gasteiger partial charge on any atom is -0.394 e. The van der Waals surface area contributed by atoms with E-state index in [1.54, 1.807) is 0 Å². The molecule has 3 atom stereocenters. The zero-order valence-electron chi connectivity index (χ0n) is 9.72. The molecule has 1 N–H and O–H groups in total. The molecule has 1 rings (SSSR count). The van der Waals surface area contributed by atoms with Gasteiger partial charge >= 0.3 is 0 Å². The van der Waals surface area contributed by atoms with Crippen molar-refractivity contribution in [3.8, 4) is 0 Å². The average Bonchev–Trinajstić information content (AvgIpc) is 2.57. The first-order chi connectivity index (χ1) is 7.21. The van der Waals surface area contributed by atoms with Crippen molar-refractivity contribution in [2.75, 3.05) is 26.2 Å². The number of nitroso groups, excluding NO2 is 1. The maximum Gasteiger partial charge on any atom is 0.127 e. The van der Waals surface area contributed by atoms with Gasteiger partial charge in [-0.3, -0.25) is 0 Å². The lowest BCUT2D eigenvalue weighted by molar-refractivity contribution is 0.217. The van der Waals surface area contributed by atoms with Crippen LogP contribution in [0.15, 0.2) is 5.18 Å². The van der Waals surface area contributed by atoms with Crippen LogP contribution in [0, 0.1) is 16.7 Å². The lowest BCUT2D eigenvalue weighted by Gasteiger charge is -2.17. The van der Waals surface area contributed by atoms with Crippen molar-refractivity contribution in [3.63, 3.8) is 0 Å². The van der Waals surface area contributed by atoms with Crippen LogP contribution < -0.4 is 0 Å². The van der Waals surface area contributed by atoms with Crippen molar-refractivity contribution < 1.29 is 5.11 Å². The smallest absolute Gasteiger partial charge is 0.127 e. The van der Waals surface area contributed by atoms with Crippen LogP contribution in [0.3, 0.4) is 0 Å². The van der Waals surface area contributed by atoms with E-state index in [9.17, 15) is 4.91 Å². The number of hydrogen-bond donors (Lipinski definition) is 1. The van der Waals surface area contributed by atoms with Gasteiger partial charge in [-0.05, 0) is 18.3 Å². The maximum atomic E-state index is 10.4. The number of hydrogen-bond acceptors (Lipinski definition) is 4. The minimum atomic E-state index is -0.447. The van der Waals surface area contributed by atoms with Crippen LogP contribution >= 0.6 is 0 Å². The number of nitrogens with zero attached hydrogens (tertiary/aromatic N) is 2. The summed E-state index contributed by atoms with van der Waals surface area (Å²) < 4.78 is 0. The van der Waals surface area contributed by atoms with Crippen LogP contribution in [0.25, 0.3) is 0 Å². The first-order valence-electron chi connectivity index (χ1n) is 5.86. The van der Waals surface area contributed by atoms with Crippen LogP contribution in [0.5, 0.6) is 0 Å². The lowest BCUT2D eigenvalue weighted by atomic mass is 9.94. The van der Waals surface area contributed by atoms with Crippen molar-refractivity contribution in [3.05, 3.63) is 4.91 Å². The first kappa shape index (κ1) is 12.6. The van der Waals surface area contributed by atoms with Crippen molar-refractivity contribution in [2.45, 2.75) is 32.7 Å². The van der Waals surface area contributed by atoms with Gasteiger partial charge in [0.1, 0.15) is 6.04 Å². The molecule has 88 valence electrons. The molecule has 0 aromatic rings. The molecule has 4 nitrogen and oxygen atoms in total. The molecule has 1 fully saturated rings. The van der Waals surface area contributed by atoms with Crippen LogP contribution in [-0.2, 0) is 0 Å². The fraction of sp³-hybridized carbons (Fsp3) is 1.00. The van der Waals surface area contributed by atoms with E-state index >= 15 is 0 Å². The number of likely N-dealkylation sites (tertiary alicyclic amines) is 1. The van der Waals surface area contributed by atoms with Gasteiger partial charge in [-0.15, -0.1) is 0 Å². The summed E-state index contributed by atoms with van der Waals surface area (Å²) in [5.74, 6) is 1.46. The average molecular weight is 214 g/mol. The van der Waals surface area contributed by atoms with E-state index in [1.165, 1.54) is 12.8 Å². The molecule has 1 aliphatic heterocycles. The van der Waals surface area contributed by atoms with Crippen molar-refractivity contribution >= 4 is 0 Å². The molecule has 1 saturated heterocycles. The van der Waals surface area contributed by atoms with E-state index in [1.807, 2.05) is 0 Å². The highest BCUT2D eigenvalue weighted by Crippen LogP contribution is 2.26. The predicted octanol–water partition coefficient (Wildman–Crippen LogP) is 1.48. The second-order valence-electron chi connectivity index (χ2n) is 4.69. The number of aliphatic hydroxyl groups excluding tert-OH is 1. The van der Waals surface area contributed by atoms with Gasteiger partial charge in [-0.25, -0.2) is 0 Å². The molecule has 1 heterocycles. The van der Waals surface area contributed by atoms with E-state index in [0.717, 1.165) is 19.0 Å². The Kier molecular flexibility index (Phi) is 5.19. The summed E-state index contributed by atoms with van der Waals surface area (Å²) in [5.41, 5.74) is 0. The predicted molar refractivity (Wildman–Crippen MR) is 60.7 cm³/mol. The van der Waals surface area contributed by atoms with Crippen molar-refractivity contribution in [1.29, 1.82) is 0 Å². The summed E-state index contributed by atoms with van der Waals surface area (Å²) in [7, 11) is 0. The van der Waals surface area contributed by atoms with Crippen molar-refractivity contribution in [1.82, 2.24) is 4.90 Å². The first-order valence-corrected chi connectivity index (χ1v) is 5.86. The fourth-order valence-corrected chi connectivity index (χ4v) is 2.46. The molecule has 0 aliphatic carbocycles. The Morgan fingerprint density at radius 1 is 1.53 bits per heavy atom. The topological polar surface area (TPSA) is 52.9 Å². The number of aliphatic hydroxyl groups is 1. The molecule has 0 amide bonds. The molecule has 3 unspecified atom stereocenters. The van der Waals surface area contributed by atoms with Crippen LogP contribution in [0.1, 0.15) is 26.7 Å². The zero-order chi connectivity index (χ0) is 11.3. The Morgan fingerprint density at radius 2 is 2.27 bits per heavy atom. The molecule has 0 spiro atoms. The molecular formula is C11H22N2O2. The number of rotatable bonds is 6. The van der Waals surface area contributed by atoms with Crippen LogP contribution in [0.2, 0.25) is 0 Å². The Hall–Kier alpha value is -0.480. The van der Waals surface area contributed by atoms with Crippen LogP contribution in [0.4, 0.5) is 0 Å². The molecule has 0 bridgehead atoms. The summed E-state index contributed by atoms with van der Waals surface area (Å²) in [5, 5.41) is 11.8. The van der Waals surface area contributed by atoms with Gasteiger partial charge in [0.2, 0.25) is 0 Å². The monoisotopic (exact) mass is 214 g/mol. The van der Waals surface area contributed by atoms with Gasteiger partial charge in [-0.1, -0.05) is 25.4 Å². The van der Waals surface area contributed by atoms with E-state index < -0.39 is 6.04 Å². The van der Waals surface area contributed by atoms with E-state index in [4.69, 9.17) is 5.11 Å². The Balaban J connectivity index is 2.36. The standard InChI is InChI=1S/C11H22N2O2/c1-3-4-10-6-13(5-9(10)2)7-11(8-14)12-15/h9-11,14H,3-8H2,1-2H3. The minimum absolute atomic E-state index is 0.132. The van der Waals surface area contributed by atoms with E-state index in [0.29, 0.717) is 12.5 Å². The van der Waals surface area contributed by atoms with Gasteiger partial charge in [0, 0.05) is 19.6 Å². The second-order valence-corrected chi connectivity index (χ2v) is 4.69. The maximum absolute atomic E-state index is 10.4. The molecule has 0 aromatic carbocycles. The highest BCUT2D eigenvalue weighted by atomic mass is 16.3. The Labute approximate surface area is 91.6 Å². The third kappa shape index (κ3) is 3.54. The SMILES string of the molecule is CCCC1CN(CC(CO)N=O)CC1C. The van der Waals surface area contributed by atoms with Gasteiger partial charge in [0.25, 0.3) is 0 Å². The summed E-state index contributed by atoms with van der Waals surface area (Å²) >= 11 is 0. The van der Waals surface area contributed by atoms with Crippen LogP contribution in [-0.4, -0.2) is 42.3 Å². The second kappa shape index (κ2) is 6.18. The third-order valence-corrected chi connectivity index (χ3v) is 3.33. The highest BCUT2D eigenvalue weighted by molar-refractivity contribution is 4.83. The van der Waals surface area contributed by atoms with Gasteiger partial charge in [0.15, 0.2) is 0 Å². The normalized spacial score (nSPS) is 29.3. The van der Waals surface area contributed by atoms with Gasteiger partial charge < -0.3 is 10.0 Å². The molecule has 0 aromatic heterocycles. The lowest BCUT2D eigenvalue weighted by Crippen LogP contribution is -2.31. The fourth-order valence-electron chi connectivity index (χ4n) is 2.46. The highest BCUT2D eigenvalue weighted by Gasteiger charge is 2.29. The summed E-state index contributed by atoms with van der Waals surface area (Å²) in [4.78, 5) is 12.6. The van der Waals surface area contributed by atoms with Crippen molar-refractivity contribution in [2.24, 2.45) is 17.0 Å². The summed E-state index contributed by atoms with van der Waals surface area (Å²) in [6.45, 7) is 7.05. The molecule has 1 aliphatic rings. The molecule has 0 saturated carbocycles. The largest absolute Gasteiger partial charge is 0.394 e.